The molecule has 0 bridgehead atoms. The highest BCUT2D eigenvalue weighted by Gasteiger charge is 2.15. The van der Waals surface area contributed by atoms with Gasteiger partial charge < -0.3 is 9.84 Å². The number of aromatic hydroxyl groups is 1. The Bertz CT molecular complexity index is 1050. The van der Waals surface area contributed by atoms with Gasteiger partial charge in [-0.1, -0.05) is 12.1 Å². The summed E-state index contributed by atoms with van der Waals surface area (Å²) in [6, 6.07) is 15.0. The molecule has 3 aromatic heterocycles. The van der Waals surface area contributed by atoms with E-state index in [1.807, 2.05) is 58.6 Å². The monoisotopic (exact) mass is 349 g/mol. The minimum atomic E-state index is 0.0960. The van der Waals surface area contributed by atoms with Crippen molar-refractivity contribution in [1.82, 2.24) is 9.38 Å². The number of imidazole rings is 1. The van der Waals surface area contributed by atoms with E-state index in [0.29, 0.717) is 5.75 Å². The Hall–Kier alpha value is -3.12. The highest BCUT2D eigenvalue weighted by atomic mass is 32.1. The summed E-state index contributed by atoms with van der Waals surface area (Å²) < 4.78 is 7.16. The lowest BCUT2D eigenvalue weighted by atomic mass is 10.1. The molecule has 0 spiro atoms. The average molecular weight is 349 g/mol. The second-order valence-electron chi connectivity index (χ2n) is 5.37. The molecule has 0 aliphatic carbocycles. The number of nitrogens with zero attached hydrogens (tertiary/aromatic N) is 3. The summed E-state index contributed by atoms with van der Waals surface area (Å²) in [5.74, 6) is 1.23. The van der Waals surface area contributed by atoms with Crippen LogP contribution in [0.3, 0.4) is 0 Å². The largest absolute Gasteiger partial charge is 0.504 e. The number of phenolic OH excluding ortho intramolecular Hbond substituents is 1. The minimum Gasteiger partial charge on any atom is -0.504 e. The maximum Gasteiger partial charge on any atom is 0.165 e. The van der Waals surface area contributed by atoms with E-state index in [4.69, 9.17) is 9.72 Å². The number of ether oxygens (including phenoxy) is 1. The number of aromatic nitrogens is 2. The van der Waals surface area contributed by atoms with Crippen molar-refractivity contribution in [2.75, 3.05) is 7.11 Å². The van der Waals surface area contributed by atoms with Crippen LogP contribution in [0.25, 0.3) is 16.9 Å². The van der Waals surface area contributed by atoms with Crippen molar-refractivity contribution in [2.45, 2.75) is 0 Å². The summed E-state index contributed by atoms with van der Waals surface area (Å²) in [7, 11) is 1.53. The van der Waals surface area contributed by atoms with Crippen molar-refractivity contribution in [3.8, 4) is 22.8 Å². The third kappa shape index (κ3) is 2.88. The van der Waals surface area contributed by atoms with Gasteiger partial charge in [0.15, 0.2) is 17.3 Å². The van der Waals surface area contributed by atoms with Crippen LogP contribution in [-0.2, 0) is 0 Å². The summed E-state index contributed by atoms with van der Waals surface area (Å²) in [5, 5.41) is 11.9. The first-order valence-corrected chi connectivity index (χ1v) is 8.56. The number of methoxy groups -OCH3 is 1. The molecule has 0 atom stereocenters. The van der Waals surface area contributed by atoms with Crippen LogP contribution >= 0.6 is 11.3 Å². The number of rotatable bonds is 4. The molecule has 0 aliphatic rings. The molecule has 0 fully saturated rings. The second-order valence-corrected chi connectivity index (χ2v) is 6.35. The smallest absolute Gasteiger partial charge is 0.165 e. The summed E-state index contributed by atoms with van der Waals surface area (Å²) in [6.45, 7) is 0. The highest BCUT2D eigenvalue weighted by molar-refractivity contribution is 7.11. The highest BCUT2D eigenvalue weighted by Crippen LogP contribution is 2.36. The van der Waals surface area contributed by atoms with Crippen molar-refractivity contribution in [3.05, 3.63) is 65.0 Å². The first-order chi connectivity index (χ1) is 12.3. The van der Waals surface area contributed by atoms with Gasteiger partial charge in [0.1, 0.15) is 11.3 Å². The van der Waals surface area contributed by atoms with Gasteiger partial charge in [-0.3, -0.25) is 4.40 Å². The van der Waals surface area contributed by atoms with Crippen LogP contribution in [-0.4, -0.2) is 27.8 Å². The normalized spacial score (nSPS) is 11.4. The van der Waals surface area contributed by atoms with E-state index in [1.54, 1.807) is 23.5 Å². The van der Waals surface area contributed by atoms with Crippen molar-refractivity contribution in [1.29, 1.82) is 0 Å². The van der Waals surface area contributed by atoms with Crippen molar-refractivity contribution >= 4 is 29.0 Å². The number of hydrogen-bond donors (Lipinski definition) is 1. The van der Waals surface area contributed by atoms with Gasteiger partial charge in [-0.25, -0.2) is 9.98 Å². The van der Waals surface area contributed by atoms with Gasteiger partial charge in [-0.2, -0.15) is 0 Å². The van der Waals surface area contributed by atoms with Crippen LogP contribution < -0.4 is 4.74 Å². The fourth-order valence-corrected chi connectivity index (χ4v) is 3.20. The van der Waals surface area contributed by atoms with Crippen molar-refractivity contribution < 1.29 is 9.84 Å². The molecule has 0 saturated carbocycles. The zero-order chi connectivity index (χ0) is 17.2. The first kappa shape index (κ1) is 15.4. The molecule has 6 heteroatoms. The van der Waals surface area contributed by atoms with E-state index in [9.17, 15) is 5.11 Å². The lowest BCUT2D eigenvalue weighted by molar-refractivity contribution is 0.373. The molecule has 1 N–H and O–H groups in total. The summed E-state index contributed by atoms with van der Waals surface area (Å²) >= 11 is 1.63. The van der Waals surface area contributed by atoms with E-state index in [2.05, 4.69) is 4.99 Å². The Morgan fingerprint density at radius 3 is 2.92 bits per heavy atom. The Morgan fingerprint density at radius 2 is 2.12 bits per heavy atom. The van der Waals surface area contributed by atoms with E-state index in [-0.39, 0.29) is 5.75 Å². The summed E-state index contributed by atoms with van der Waals surface area (Å²) in [4.78, 5) is 10.4. The van der Waals surface area contributed by atoms with Gasteiger partial charge >= 0.3 is 0 Å². The number of thiophene rings is 1. The van der Waals surface area contributed by atoms with Crippen molar-refractivity contribution in [3.63, 3.8) is 0 Å². The number of hydrogen-bond acceptors (Lipinski definition) is 5. The molecule has 0 aliphatic heterocycles. The Balaban J connectivity index is 1.89. The molecule has 4 aromatic rings. The molecule has 5 nitrogen and oxygen atoms in total. The number of phenols is 1. The number of fused-ring (bicyclic) bond motifs is 1. The molecule has 0 unspecified atom stereocenters. The van der Waals surface area contributed by atoms with E-state index in [0.717, 1.165) is 27.6 Å². The Labute approximate surface area is 148 Å². The zero-order valence-corrected chi connectivity index (χ0v) is 14.3. The SMILES string of the molecule is COc1cc(-c2nc3ccccn3c2N=Cc2cccs2)ccc1O. The van der Waals surface area contributed by atoms with Crippen LogP contribution in [0.15, 0.2) is 65.1 Å². The van der Waals surface area contributed by atoms with Crippen LogP contribution in [0, 0.1) is 0 Å². The van der Waals surface area contributed by atoms with Crippen molar-refractivity contribution in [2.24, 2.45) is 4.99 Å². The predicted molar refractivity (Wildman–Crippen MR) is 100 cm³/mol. The van der Waals surface area contributed by atoms with E-state index in [1.165, 1.54) is 7.11 Å². The summed E-state index contributed by atoms with van der Waals surface area (Å²) in [6.07, 6.45) is 3.77. The summed E-state index contributed by atoms with van der Waals surface area (Å²) in [5.41, 5.74) is 2.37. The lowest BCUT2D eigenvalue weighted by Crippen LogP contribution is -1.86. The molecule has 124 valence electrons. The van der Waals surface area contributed by atoms with Gasteiger partial charge in [-0.15, -0.1) is 11.3 Å². The first-order valence-electron chi connectivity index (χ1n) is 7.68. The Kier molecular flexibility index (Phi) is 3.95. The van der Waals surface area contributed by atoms with Gasteiger partial charge in [0.2, 0.25) is 0 Å². The number of pyridine rings is 1. The topological polar surface area (TPSA) is 59.1 Å². The zero-order valence-electron chi connectivity index (χ0n) is 13.5. The maximum atomic E-state index is 9.84. The van der Waals surface area contributed by atoms with Gasteiger partial charge in [-0.05, 0) is 41.8 Å². The Morgan fingerprint density at radius 1 is 1.20 bits per heavy atom. The predicted octanol–water partition coefficient (Wildman–Crippen LogP) is 4.53. The van der Waals surface area contributed by atoms with Gasteiger partial charge in [0.25, 0.3) is 0 Å². The fraction of sp³-hybridized carbons (Fsp3) is 0.0526. The maximum absolute atomic E-state index is 9.84. The van der Waals surface area contributed by atoms with Crippen LogP contribution in [0.4, 0.5) is 5.82 Å². The average Bonchev–Trinajstić information content (AvgIpc) is 3.28. The molecular formula is C19H15N3O2S. The van der Waals surface area contributed by atoms with E-state index < -0.39 is 0 Å². The quantitative estimate of drug-likeness (QED) is 0.551. The third-order valence-corrected chi connectivity index (χ3v) is 4.62. The molecule has 0 radical (unpaired) electrons. The standard InChI is InChI=1S/C19H15N3O2S/c1-24-16-11-13(7-8-15(16)23)18-19(20-12-14-5-4-10-25-14)22-9-3-2-6-17(22)21-18/h2-12,23H,1H3. The molecule has 25 heavy (non-hydrogen) atoms. The van der Waals surface area contributed by atoms with Crippen LogP contribution in [0.2, 0.25) is 0 Å². The van der Waals surface area contributed by atoms with Gasteiger partial charge in [0, 0.05) is 22.9 Å². The molecular weight excluding hydrogens is 334 g/mol. The van der Waals surface area contributed by atoms with Crippen LogP contribution in [0.1, 0.15) is 4.88 Å². The molecule has 3 heterocycles. The lowest BCUT2D eigenvalue weighted by Gasteiger charge is -2.05. The van der Waals surface area contributed by atoms with Crippen LogP contribution in [0.5, 0.6) is 11.5 Å². The minimum absolute atomic E-state index is 0.0960. The third-order valence-electron chi connectivity index (χ3n) is 3.82. The number of benzene rings is 1. The molecule has 0 saturated heterocycles. The van der Waals surface area contributed by atoms with Gasteiger partial charge in [0.05, 0.1) is 7.11 Å². The molecule has 1 aromatic carbocycles. The molecule has 4 rings (SSSR count). The second kappa shape index (κ2) is 6.41. The molecule has 0 amide bonds. The number of aliphatic imine (C=N–C) groups is 1. The fourth-order valence-electron chi connectivity index (χ4n) is 2.61. The van der Waals surface area contributed by atoms with E-state index >= 15 is 0 Å².